The second kappa shape index (κ2) is 6.47. The maximum Gasteiger partial charge on any atom is 0.223 e. The van der Waals surface area contributed by atoms with Crippen LogP contribution in [0.4, 0.5) is 0 Å². The Bertz CT molecular complexity index is 238. The maximum absolute atomic E-state index is 11.6. The molecule has 1 N–H and O–H groups in total. The Morgan fingerprint density at radius 2 is 2.40 bits per heavy atom. The molecule has 15 heavy (non-hydrogen) atoms. The number of piperidine rings is 1. The third-order valence-electron chi connectivity index (χ3n) is 2.87. The van der Waals surface area contributed by atoms with Crippen molar-refractivity contribution in [2.75, 3.05) is 20.1 Å². The highest BCUT2D eigenvalue weighted by Crippen LogP contribution is 2.12. The van der Waals surface area contributed by atoms with Gasteiger partial charge in [-0.3, -0.25) is 4.79 Å². The van der Waals surface area contributed by atoms with Crippen molar-refractivity contribution in [2.24, 2.45) is 0 Å². The molecule has 1 aliphatic heterocycles. The lowest BCUT2D eigenvalue weighted by molar-refractivity contribution is -0.129. The van der Waals surface area contributed by atoms with E-state index in [4.69, 9.17) is 6.42 Å². The van der Waals surface area contributed by atoms with Crippen LogP contribution in [0, 0.1) is 12.3 Å². The number of nitrogens with zero attached hydrogens (tertiary/aromatic N) is 1. The van der Waals surface area contributed by atoms with E-state index in [0.29, 0.717) is 19.0 Å². The first-order chi connectivity index (χ1) is 7.24. The number of carbonyl (C=O) groups excluding carboxylic acids is 1. The molecule has 0 spiro atoms. The van der Waals surface area contributed by atoms with E-state index < -0.39 is 0 Å². The fraction of sp³-hybridized carbons (Fsp3) is 0.750. The van der Waals surface area contributed by atoms with Crippen molar-refractivity contribution in [1.29, 1.82) is 0 Å². The van der Waals surface area contributed by atoms with Crippen molar-refractivity contribution < 1.29 is 4.79 Å². The molecular formula is C12H20N2O. The summed E-state index contributed by atoms with van der Waals surface area (Å²) in [5, 5.41) is 3.43. The molecule has 84 valence electrons. The summed E-state index contributed by atoms with van der Waals surface area (Å²) in [5.74, 6) is 2.63. The van der Waals surface area contributed by atoms with Gasteiger partial charge in [0.05, 0.1) is 6.54 Å². The quantitative estimate of drug-likeness (QED) is 0.699. The molecule has 0 saturated carbocycles. The fourth-order valence-electron chi connectivity index (χ4n) is 1.88. The molecule has 0 bridgehead atoms. The van der Waals surface area contributed by atoms with Crippen LogP contribution in [0.5, 0.6) is 0 Å². The summed E-state index contributed by atoms with van der Waals surface area (Å²) in [6, 6.07) is 0.530. The molecule has 1 fully saturated rings. The van der Waals surface area contributed by atoms with Gasteiger partial charge in [0.15, 0.2) is 0 Å². The topological polar surface area (TPSA) is 32.3 Å². The van der Waals surface area contributed by atoms with Crippen molar-refractivity contribution in [3.05, 3.63) is 0 Å². The largest absolute Gasteiger partial charge is 0.335 e. The normalized spacial score (nSPS) is 20.7. The SMILES string of the molecule is C#CCN(C)C(=O)CCC1CCCCN1. The highest BCUT2D eigenvalue weighted by Gasteiger charge is 2.15. The summed E-state index contributed by atoms with van der Waals surface area (Å²) in [7, 11) is 1.76. The molecule has 1 heterocycles. The smallest absolute Gasteiger partial charge is 0.223 e. The van der Waals surface area contributed by atoms with Crippen LogP contribution in [0.3, 0.4) is 0 Å². The zero-order chi connectivity index (χ0) is 11.1. The summed E-state index contributed by atoms with van der Waals surface area (Å²) in [4.78, 5) is 13.2. The predicted octanol–water partition coefficient (Wildman–Crippen LogP) is 1.00. The molecule has 0 aromatic heterocycles. The summed E-state index contributed by atoms with van der Waals surface area (Å²) in [5.41, 5.74) is 0. The number of terminal acetylenes is 1. The summed E-state index contributed by atoms with van der Waals surface area (Å²) in [6.45, 7) is 1.51. The number of amides is 1. The monoisotopic (exact) mass is 208 g/mol. The molecule has 0 aliphatic carbocycles. The molecule has 3 heteroatoms. The number of rotatable bonds is 4. The number of hydrogen-bond donors (Lipinski definition) is 1. The zero-order valence-electron chi connectivity index (χ0n) is 9.46. The van der Waals surface area contributed by atoms with Crippen molar-refractivity contribution in [2.45, 2.75) is 38.1 Å². The molecular weight excluding hydrogens is 188 g/mol. The zero-order valence-corrected chi connectivity index (χ0v) is 9.46. The van der Waals surface area contributed by atoms with Gasteiger partial charge in [0, 0.05) is 19.5 Å². The van der Waals surface area contributed by atoms with Crippen molar-refractivity contribution in [3.63, 3.8) is 0 Å². The van der Waals surface area contributed by atoms with Gasteiger partial charge in [-0.25, -0.2) is 0 Å². The lowest BCUT2D eigenvalue weighted by Gasteiger charge is -2.24. The lowest BCUT2D eigenvalue weighted by atomic mass is 10.0. The Morgan fingerprint density at radius 3 is 3.00 bits per heavy atom. The van der Waals surface area contributed by atoms with Crippen LogP contribution in [0.1, 0.15) is 32.1 Å². The number of hydrogen-bond acceptors (Lipinski definition) is 2. The fourth-order valence-corrected chi connectivity index (χ4v) is 1.88. The summed E-state index contributed by atoms with van der Waals surface area (Å²) >= 11 is 0. The van der Waals surface area contributed by atoms with Crippen LogP contribution < -0.4 is 5.32 Å². The summed E-state index contributed by atoms with van der Waals surface area (Å²) in [6.07, 6.45) is 10.4. The minimum Gasteiger partial charge on any atom is -0.335 e. The van der Waals surface area contributed by atoms with Gasteiger partial charge >= 0.3 is 0 Å². The number of nitrogens with one attached hydrogen (secondary N) is 1. The van der Waals surface area contributed by atoms with Crippen LogP contribution in [-0.2, 0) is 4.79 Å². The first-order valence-corrected chi connectivity index (χ1v) is 5.65. The van der Waals surface area contributed by atoms with Crippen molar-refractivity contribution >= 4 is 5.91 Å². The van der Waals surface area contributed by atoms with Gasteiger partial charge in [0.1, 0.15) is 0 Å². The van der Waals surface area contributed by atoms with Gasteiger partial charge < -0.3 is 10.2 Å². The second-order valence-electron chi connectivity index (χ2n) is 4.14. The Kier molecular flexibility index (Phi) is 5.20. The summed E-state index contributed by atoms with van der Waals surface area (Å²) < 4.78 is 0. The average molecular weight is 208 g/mol. The van der Waals surface area contributed by atoms with Crippen LogP contribution in [-0.4, -0.2) is 37.0 Å². The first kappa shape index (κ1) is 12.1. The minimum atomic E-state index is 0.153. The van der Waals surface area contributed by atoms with E-state index in [1.165, 1.54) is 19.3 Å². The standard InChI is InChI=1S/C12H20N2O/c1-3-10-14(2)12(15)8-7-11-6-4-5-9-13-11/h1,11,13H,4-10H2,2H3. The van der Waals surface area contributed by atoms with E-state index in [1.54, 1.807) is 11.9 Å². The van der Waals surface area contributed by atoms with Gasteiger partial charge in [0.25, 0.3) is 0 Å². The minimum absolute atomic E-state index is 0.153. The highest BCUT2D eigenvalue weighted by atomic mass is 16.2. The second-order valence-corrected chi connectivity index (χ2v) is 4.14. The first-order valence-electron chi connectivity index (χ1n) is 5.65. The van der Waals surface area contributed by atoms with Crippen LogP contribution in [0.15, 0.2) is 0 Å². The average Bonchev–Trinajstić information content (AvgIpc) is 2.27. The van der Waals surface area contributed by atoms with Gasteiger partial charge in [-0.05, 0) is 25.8 Å². The molecule has 1 amide bonds. The molecule has 1 atom stereocenters. The Morgan fingerprint density at radius 1 is 1.60 bits per heavy atom. The molecule has 0 aromatic rings. The van der Waals surface area contributed by atoms with Crippen LogP contribution in [0.25, 0.3) is 0 Å². The molecule has 1 unspecified atom stereocenters. The van der Waals surface area contributed by atoms with Gasteiger partial charge in [-0.2, -0.15) is 0 Å². The number of carbonyl (C=O) groups is 1. The van der Waals surface area contributed by atoms with E-state index in [0.717, 1.165) is 13.0 Å². The van der Waals surface area contributed by atoms with Gasteiger partial charge in [-0.15, -0.1) is 6.42 Å². The Balaban J connectivity index is 2.18. The lowest BCUT2D eigenvalue weighted by Crippen LogP contribution is -2.35. The van der Waals surface area contributed by atoms with Gasteiger partial charge in [0.2, 0.25) is 5.91 Å². The predicted molar refractivity (Wildman–Crippen MR) is 61.3 cm³/mol. The van der Waals surface area contributed by atoms with E-state index >= 15 is 0 Å². The van der Waals surface area contributed by atoms with E-state index in [1.807, 2.05) is 0 Å². The highest BCUT2D eigenvalue weighted by molar-refractivity contribution is 5.76. The third-order valence-corrected chi connectivity index (χ3v) is 2.87. The maximum atomic E-state index is 11.6. The molecule has 1 saturated heterocycles. The third kappa shape index (κ3) is 4.35. The van der Waals surface area contributed by atoms with Crippen LogP contribution in [0.2, 0.25) is 0 Å². The molecule has 1 rings (SSSR count). The van der Waals surface area contributed by atoms with E-state index in [9.17, 15) is 4.79 Å². The van der Waals surface area contributed by atoms with E-state index in [2.05, 4.69) is 11.2 Å². The molecule has 0 radical (unpaired) electrons. The van der Waals surface area contributed by atoms with Crippen molar-refractivity contribution in [3.8, 4) is 12.3 Å². The Hall–Kier alpha value is -1.01. The van der Waals surface area contributed by atoms with Crippen LogP contribution >= 0.6 is 0 Å². The molecule has 1 aliphatic rings. The molecule has 0 aromatic carbocycles. The Labute approximate surface area is 92.2 Å². The molecule has 3 nitrogen and oxygen atoms in total. The van der Waals surface area contributed by atoms with E-state index in [-0.39, 0.29) is 5.91 Å². The van der Waals surface area contributed by atoms with Crippen molar-refractivity contribution in [1.82, 2.24) is 10.2 Å². The van der Waals surface area contributed by atoms with Gasteiger partial charge in [-0.1, -0.05) is 12.3 Å².